The van der Waals surface area contributed by atoms with Crippen molar-refractivity contribution in [1.29, 1.82) is 0 Å². The second-order valence-electron chi connectivity index (χ2n) is 12.3. The number of halogens is 1. The molecule has 4 aliphatic rings. The number of ether oxygens (including phenoxy) is 1. The average Bonchev–Trinajstić information content (AvgIpc) is 2.91. The predicted octanol–water partition coefficient (Wildman–Crippen LogP) is 4.30. The largest absolute Gasteiger partial charge is 0.497 e. The number of nitrogens with one attached hydrogen (secondary N) is 1. The van der Waals surface area contributed by atoms with E-state index in [0.29, 0.717) is 71.4 Å². The lowest BCUT2D eigenvalue weighted by atomic mass is 9.45. The lowest BCUT2D eigenvalue weighted by Gasteiger charge is -2.61. The topological polar surface area (TPSA) is 92.0 Å². The first-order valence-corrected chi connectivity index (χ1v) is 14.2. The van der Waals surface area contributed by atoms with Gasteiger partial charge < -0.3 is 20.1 Å². The maximum atomic E-state index is 14.4. The number of anilines is 1. The monoisotopic (exact) mass is 547 g/mol. The molecule has 9 heteroatoms. The van der Waals surface area contributed by atoms with Crippen LogP contribution in [0.5, 0.6) is 5.75 Å². The Morgan fingerprint density at radius 3 is 2.70 bits per heavy atom. The first-order valence-electron chi connectivity index (χ1n) is 14.2. The molecule has 1 unspecified atom stereocenters. The number of methoxy groups -OCH3 is 1. The van der Waals surface area contributed by atoms with Gasteiger partial charge in [0.1, 0.15) is 11.6 Å². The summed E-state index contributed by atoms with van der Waals surface area (Å²) in [4.78, 5) is 25.0. The van der Waals surface area contributed by atoms with Crippen molar-refractivity contribution in [3.05, 3.63) is 64.5 Å². The molecule has 7 rings (SSSR count). The van der Waals surface area contributed by atoms with Crippen molar-refractivity contribution in [2.24, 2.45) is 28.2 Å². The van der Waals surface area contributed by atoms with Gasteiger partial charge in [0.15, 0.2) is 5.96 Å². The first kappa shape index (κ1) is 26.7. The van der Waals surface area contributed by atoms with E-state index in [-0.39, 0.29) is 23.5 Å². The van der Waals surface area contributed by atoms with E-state index in [1.54, 1.807) is 18.2 Å². The summed E-state index contributed by atoms with van der Waals surface area (Å²) in [6.07, 6.45) is 3.93. The molecular weight excluding hydrogens is 509 g/mol. The highest BCUT2D eigenvalue weighted by Crippen LogP contribution is 2.61. The number of fused-ring (bicyclic) bond motifs is 3. The molecule has 40 heavy (non-hydrogen) atoms. The van der Waals surface area contributed by atoms with Crippen molar-refractivity contribution in [1.82, 2.24) is 14.5 Å². The zero-order valence-corrected chi connectivity index (χ0v) is 23.6. The minimum Gasteiger partial charge on any atom is -0.497 e. The smallest absolute Gasteiger partial charge is 0.261 e. The minimum atomic E-state index is -0.354. The number of nitrogens with zero attached hydrogens (tertiary/aromatic N) is 4. The van der Waals surface area contributed by atoms with E-state index >= 15 is 0 Å². The van der Waals surface area contributed by atoms with Crippen LogP contribution in [0.3, 0.4) is 0 Å². The number of hydrogen-bond donors (Lipinski definition) is 2. The molecule has 4 atom stereocenters. The highest BCUT2D eigenvalue weighted by Gasteiger charge is 2.56. The molecule has 8 nitrogen and oxygen atoms in total. The number of hydrogen-bond acceptors (Lipinski definition) is 5. The Morgan fingerprint density at radius 2 is 2.02 bits per heavy atom. The van der Waals surface area contributed by atoms with Crippen molar-refractivity contribution >= 4 is 22.5 Å². The maximum absolute atomic E-state index is 14.4. The third-order valence-corrected chi connectivity index (χ3v) is 9.73. The number of aromatic nitrogens is 2. The molecule has 3 aliphatic carbocycles. The molecule has 0 spiro atoms. The van der Waals surface area contributed by atoms with Gasteiger partial charge in [-0.2, -0.15) is 0 Å². The highest BCUT2D eigenvalue weighted by atomic mass is 19.1. The fourth-order valence-corrected chi connectivity index (χ4v) is 6.89. The third kappa shape index (κ3) is 4.74. The van der Waals surface area contributed by atoms with Crippen LogP contribution in [0.25, 0.3) is 10.9 Å². The van der Waals surface area contributed by atoms with E-state index in [2.05, 4.69) is 36.0 Å². The molecule has 2 heterocycles. The normalized spacial score (nSPS) is 25.9. The fourth-order valence-electron chi connectivity index (χ4n) is 6.89. The van der Waals surface area contributed by atoms with Crippen molar-refractivity contribution < 1.29 is 14.2 Å². The van der Waals surface area contributed by atoms with Crippen LogP contribution in [0.2, 0.25) is 0 Å². The number of aryl methyl sites for hydroxylation is 2. The van der Waals surface area contributed by atoms with Gasteiger partial charge in [-0.15, -0.1) is 0 Å². The standard InChI is InChI=1S/C31H38FN5O3/c1-18-25-11-20(31(25,2)3)12-27(18)35-30(37-15-22(38)16-37)34-21-6-8-24-28(13-21)33-17-36(29(24)39)10-9-19-5-7-23(40-4)14-26(19)32/h5-8,13-14,17-18,20,22,25,27,38H,9-12,15-16H2,1-4H3,(H,34,35)/t18-,20-,25+,27?/m0/s1. The van der Waals surface area contributed by atoms with Crippen LogP contribution >= 0.6 is 0 Å². The molecule has 4 fully saturated rings. The van der Waals surface area contributed by atoms with Crippen molar-refractivity contribution in [3.63, 3.8) is 0 Å². The Hall–Kier alpha value is -3.46. The van der Waals surface area contributed by atoms with E-state index in [1.165, 1.54) is 30.5 Å². The molecule has 2 N–H and O–H groups in total. The number of benzene rings is 2. The van der Waals surface area contributed by atoms with E-state index in [1.807, 2.05) is 12.1 Å². The van der Waals surface area contributed by atoms with Gasteiger partial charge in [0.25, 0.3) is 5.56 Å². The Balaban J connectivity index is 1.20. The summed E-state index contributed by atoms with van der Waals surface area (Å²) in [6.45, 7) is 8.53. The molecule has 3 aromatic rings. The lowest BCUT2D eigenvalue weighted by Crippen LogP contribution is -2.58. The number of aliphatic hydroxyl groups excluding tert-OH is 1. The lowest BCUT2D eigenvalue weighted by molar-refractivity contribution is -0.108. The molecule has 1 aliphatic heterocycles. The molecule has 1 saturated heterocycles. The van der Waals surface area contributed by atoms with Crippen LogP contribution in [0.1, 0.15) is 39.2 Å². The zero-order chi connectivity index (χ0) is 28.2. The Labute approximate surface area is 233 Å². The van der Waals surface area contributed by atoms with Gasteiger partial charge in [0, 0.05) is 31.4 Å². The first-order chi connectivity index (χ1) is 19.1. The Bertz CT molecular complexity index is 1510. The summed E-state index contributed by atoms with van der Waals surface area (Å²) >= 11 is 0. The molecule has 1 aromatic heterocycles. The molecule has 2 bridgehead atoms. The quantitative estimate of drug-likeness (QED) is 0.353. The second-order valence-corrected chi connectivity index (χ2v) is 12.3. The molecule has 2 aromatic carbocycles. The number of guanidine groups is 1. The van der Waals surface area contributed by atoms with Crippen LogP contribution in [0.4, 0.5) is 10.1 Å². The van der Waals surface area contributed by atoms with Gasteiger partial charge in [-0.1, -0.05) is 26.8 Å². The third-order valence-electron chi connectivity index (χ3n) is 9.73. The van der Waals surface area contributed by atoms with E-state index in [4.69, 9.17) is 9.73 Å². The highest BCUT2D eigenvalue weighted by molar-refractivity contribution is 5.96. The van der Waals surface area contributed by atoms with Crippen LogP contribution in [-0.4, -0.2) is 57.9 Å². The molecule has 212 valence electrons. The van der Waals surface area contributed by atoms with E-state index in [0.717, 1.165) is 18.1 Å². The summed E-state index contributed by atoms with van der Waals surface area (Å²) in [5.41, 5.74) is 2.13. The van der Waals surface area contributed by atoms with Gasteiger partial charge in [-0.25, -0.2) is 14.4 Å². The van der Waals surface area contributed by atoms with Crippen molar-refractivity contribution in [2.75, 3.05) is 25.5 Å². The number of likely N-dealkylation sites (tertiary alicyclic amines) is 1. The number of β-amino-alcohol motifs (C(OH)–C–C–N with tert-alkyl or cyclic N) is 1. The summed E-state index contributed by atoms with van der Waals surface area (Å²) < 4.78 is 20.9. The zero-order valence-electron chi connectivity index (χ0n) is 23.6. The Morgan fingerprint density at radius 1 is 1.23 bits per heavy atom. The SMILES string of the molecule is COc1ccc(CCn2cnc3cc(N/C(=N/C4C[C@@H]5C[C@H]([C@@H]4C)C5(C)C)N4CC(O)C4)ccc3c2=O)c(F)c1. The summed E-state index contributed by atoms with van der Waals surface area (Å²) in [7, 11) is 1.50. The van der Waals surface area contributed by atoms with Gasteiger partial charge in [-0.3, -0.25) is 9.36 Å². The van der Waals surface area contributed by atoms with Gasteiger partial charge in [0.2, 0.25) is 0 Å². The summed E-state index contributed by atoms with van der Waals surface area (Å²) in [5, 5.41) is 13.9. The van der Waals surface area contributed by atoms with Crippen LogP contribution < -0.4 is 15.6 Å². The maximum Gasteiger partial charge on any atom is 0.261 e. The van der Waals surface area contributed by atoms with Crippen molar-refractivity contribution in [2.45, 2.75) is 58.7 Å². The van der Waals surface area contributed by atoms with Gasteiger partial charge >= 0.3 is 0 Å². The molecule has 3 saturated carbocycles. The molecule has 0 radical (unpaired) electrons. The second kappa shape index (κ2) is 10.2. The van der Waals surface area contributed by atoms with Crippen LogP contribution in [0.15, 0.2) is 52.5 Å². The van der Waals surface area contributed by atoms with Crippen LogP contribution in [-0.2, 0) is 13.0 Å². The number of aliphatic imine (C=N–C) groups is 1. The average molecular weight is 548 g/mol. The number of aliphatic hydroxyl groups is 1. The fraction of sp³-hybridized carbons (Fsp3) is 0.516. The summed E-state index contributed by atoms with van der Waals surface area (Å²) in [6, 6.07) is 10.5. The minimum absolute atomic E-state index is 0.164. The molecule has 0 amide bonds. The summed E-state index contributed by atoms with van der Waals surface area (Å²) in [5.74, 6) is 2.78. The number of rotatable bonds is 6. The van der Waals surface area contributed by atoms with Gasteiger partial charge in [0.05, 0.1) is 36.5 Å². The van der Waals surface area contributed by atoms with E-state index in [9.17, 15) is 14.3 Å². The Kier molecular flexibility index (Phi) is 6.81. The van der Waals surface area contributed by atoms with Crippen molar-refractivity contribution in [3.8, 4) is 5.75 Å². The van der Waals surface area contributed by atoms with E-state index < -0.39 is 0 Å². The van der Waals surface area contributed by atoms with Gasteiger partial charge in [-0.05, 0) is 72.3 Å². The van der Waals surface area contributed by atoms with Crippen LogP contribution in [0, 0.1) is 29.0 Å². The predicted molar refractivity (Wildman–Crippen MR) is 154 cm³/mol. The molecular formula is C31H38FN5O3.